The first kappa shape index (κ1) is 11.4. The molecule has 0 aromatic heterocycles. The Morgan fingerprint density at radius 1 is 1.07 bits per heavy atom. The summed E-state index contributed by atoms with van der Waals surface area (Å²) in [6, 6.07) is 1.54. The maximum Gasteiger partial charge on any atom is 0.0209 e. The van der Waals surface area contributed by atoms with E-state index < -0.39 is 0 Å². The zero-order chi connectivity index (χ0) is 10.7. The maximum atomic E-state index is 3.82. The molecular weight excluding hydrogens is 186 g/mol. The van der Waals surface area contributed by atoms with Crippen molar-refractivity contribution in [1.29, 1.82) is 0 Å². The van der Waals surface area contributed by atoms with Crippen LogP contribution in [0, 0.1) is 0 Å². The van der Waals surface area contributed by atoms with Gasteiger partial charge in [0.25, 0.3) is 0 Å². The standard InChI is InChI=1S/C12H25N3/c1-3-15-8-5-11(6-9-15)13-12-4-7-14(2)10-12/h11-13H,3-10H2,1-2H3. The fourth-order valence-corrected chi connectivity index (χ4v) is 2.82. The molecule has 88 valence electrons. The average molecular weight is 211 g/mol. The van der Waals surface area contributed by atoms with Gasteiger partial charge in [-0.15, -0.1) is 0 Å². The summed E-state index contributed by atoms with van der Waals surface area (Å²) < 4.78 is 0. The van der Waals surface area contributed by atoms with E-state index in [1.165, 1.54) is 52.0 Å². The van der Waals surface area contributed by atoms with Gasteiger partial charge >= 0.3 is 0 Å². The third-order valence-corrected chi connectivity index (χ3v) is 3.90. The van der Waals surface area contributed by atoms with Crippen molar-refractivity contribution in [3.8, 4) is 0 Å². The van der Waals surface area contributed by atoms with E-state index in [4.69, 9.17) is 0 Å². The van der Waals surface area contributed by atoms with Gasteiger partial charge in [-0.25, -0.2) is 0 Å². The number of piperidine rings is 1. The number of nitrogens with one attached hydrogen (secondary N) is 1. The van der Waals surface area contributed by atoms with Crippen molar-refractivity contribution in [3.63, 3.8) is 0 Å². The Kier molecular flexibility index (Phi) is 4.00. The van der Waals surface area contributed by atoms with Gasteiger partial charge in [0.1, 0.15) is 0 Å². The highest BCUT2D eigenvalue weighted by atomic mass is 15.2. The van der Waals surface area contributed by atoms with Crippen LogP contribution >= 0.6 is 0 Å². The van der Waals surface area contributed by atoms with Crippen LogP contribution in [0.1, 0.15) is 26.2 Å². The minimum atomic E-state index is 0.758. The predicted octanol–water partition coefficient (Wildman–Crippen LogP) is 0.764. The second-order valence-corrected chi connectivity index (χ2v) is 5.12. The molecule has 0 saturated carbocycles. The van der Waals surface area contributed by atoms with Gasteiger partial charge < -0.3 is 15.1 Å². The van der Waals surface area contributed by atoms with E-state index in [2.05, 4.69) is 29.1 Å². The minimum absolute atomic E-state index is 0.758. The first-order valence-corrected chi connectivity index (χ1v) is 6.45. The molecule has 2 saturated heterocycles. The van der Waals surface area contributed by atoms with Gasteiger partial charge in [-0.2, -0.15) is 0 Å². The van der Waals surface area contributed by atoms with Gasteiger partial charge in [0.15, 0.2) is 0 Å². The van der Waals surface area contributed by atoms with Crippen molar-refractivity contribution < 1.29 is 0 Å². The lowest BCUT2D eigenvalue weighted by molar-refractivity contribution is 0.198. The summed E-state index contributed by atoms with van der Waals surface area (Å²) in [5.41, 5.74) is 0. The van der Waals surface area contributed by atoms with Gasteiger partial charge in [-0.05, 0) is 52.5 Å². The van der Waals surface area contributed by atoms with Crippen LogP contribution in [0.4, 0.5) is 0 Å². The number of likely N-dealkylation sites (N-methyl/N-ethyl adjacent to an activating group) is 1. The quantitative estimate of drug-likeness (QED) is 0.744. The summed E-state index contributed by atoms with van der Waals surface area (Å²) in [4.78, 5) is 4.98. The molecule has 0 aliphatic carbocycles. The Balaban J connectivity index is 1.68. The zero-order valence-electron chi connectivity index (χ0n) is 10.2. The first-order valence-electron chi connectivity index (χ1n) is 6.45. The highest BCUT2D eigenvalue weighted by Gasteiger charge is 2.24. The molecule has 0 amide bonds. The Morgan fingerprint density at radius 2 is 1.73 bits per heavy atom. The molecule has 15 heavy (non-hydrogen) atoms. The van der Waals surface area contributed by atoms with Crippen LogP contribution in [0.15, 0.2) is 0 Å². The average Bonchev–Trinajstić information content (AvgIpc) is 2.65. The lowest BCUT2D eigenvalue weighted by atomic mass is 10.0. The van der Waals surface area contributed by atoms with Gasteiger partial charge in [0.2, 0.25) is 0 Å². The zero-order valence-corrected chi connectivity index (χ0v) is 10.2. The van der Waals surface area contributed by atoms with E-state index in [1.54, 1.807) is 0 Å². The third-order valence-electron chi connectivity index (χ3n) is 3.90. The SMILES string of the molecule is CCN1CCC(NC2CCN(C)C2)CC1. The second-order valence-electron chi connectivity index (χ2n) is 5.12. The van der Waals surface area contributed by atoms with Crippen molar-refractivity contribution in [2.75, 3.05) is 39.8 Å². The van der Waals surface area contributed by atoms with Crippen LogP contribution in [0.5, 0.6) is 0 Å². The molecular formula is C12H25N3. The molecule has 1 N–H and O–H groups in total. The molecule has 2 aliphatic rings. The van der Waals surface area contributed by atoms with Gasteiger partial charge in [-0.1, -0.05) is 6.92 Å². The molecule has 2 fully saturated rings. The van der Waals surface area contributed by atoms with Crippen LogP contribution in [-0.2, 0) is 0 Å². The third kappa shape index (κ3) is 3.16. The number of hydrogen-bond donors (Lipinski definition) is 1. The van der Waals surface area contributed by atoms with E-state index in [-0.39, 0.29) is 0 Å². The maximum absolute atomic E-state index is 3.82. The highest BCUT2D eigenvalue weighted by Crippen LogP contribution is 2.13. The normalized spacial score (nSPS) is 31.2. The topological polar surface area (TPSA) is 18.5 Å². The highest BCUT2D eigenvalue weighted by molar-refractivity contribution is 4.85. The lowest BCUT2D eigenvalue weighted by Gasteiger charge is -2.33. The molecule has 0 aromatic rings. The van der Waals surface area contributed by atoms with Crippen LogP contribution < -0.4 is 5.32 Å². The fraction of sp³-hybridized carbons (Fsp3) is 1.00. The lowest BCUT2D eigenvalue weighted by Crippen LogP contribution is -2.46. The summed E-state index contributed by atoms with van der Waals surface area (Å²) in [7, 11) is 2.22. The van der Waals surface area contributed by atoms with Crippen molar-refractivity contribution in [3.05, 3.63) is 0 Å². The van der Waals surface area contributed by atoms with Crippen molar-refractivity contribution in [2.24, 2.45) is 0 Å². The number of likely N-dealkylation sites (tertiary alicyclic amines) is 2. The number of nitrogens with zero attached hydrogens (tertiary/aromatic N) is 2. The van der Waals surface area contributed by atoms with Gasteiger partial charge in [0.05, 0.1) is 0 Å². The molecule has 3 heteroatoms. The number of hydrogen-bond acceptors (Lipinski definition) is 3. The Labute approximate surface area is 93.8 Å². The van der Waals surface area contributed by atoms with E-state index in [1.807, 2.05) is 0 Å². The minimum Gasteiger partial charge on any atom is -0.310 e. The van der Waals surface area contributed by atoms with Crippen LogP contribution in [0.2, 0.25) is 0 Å². The Hall–Kier alpha value is -0.120. The summed E-state index contributed by atoms with van der Waals surface area (Å²) in [6.07, 6.45) is 4.02. The smallest absolute Gasteiger partial charge is 0.0209 e. The largest absolute Gasteiger partial charge is 0.310 e. The summed E-state index contributed by atoms with van der Waals surface area (Å²) in [6.45, 7) is 8.57. The molecule has 3 nitrogen and oxygen atoms in total. The molecule has 2 heterocycles. The molecule has 1 atom stereocenters. The van der Waals surface area contributed by atoms with E-state index in [9.17, 15) is 0 Å². The van der Waals surface area contributed by atoms with Crippen molar-refractivity contribution in [2.45, 2.75) is 38.3 Å². The summed E-state index contributed by atoms with van der Waals surface area (Å²) in [5, 5.41) is 3.82. The molecule has 2 rings (SSSR count). The Morgan fingerprint density at radius 3 is 2.27 bits per heavy atom. The molecule has 0 aromatic carbocycles. The monoisotopic (exact) mass is 211 g/mol. The van der Waals surface area contributed by atoms with E-state index >= 15 is 0 Å². The predicted molar refractivity (Wildman–Crippen MR) is 64.2 cm³/mol. The van der Waals surface area contributed by atoms with Crippen LogP contribution in [0.25, 0.3) is 0 Å². The second kappa shape index (κ2) is 5.28. The van der Waals surface area contributed by atoms with E-state index in [0.29, 0.717) is 0 Å². The van der Waals surface area contributed by atoms with E-state index in [0.717, 1.165) is 12.1 Å². The molecule has 0 spiro atoms. The molecule has 0 radical (unpaired) electrons. The summed E-state index contributed by atoms with van der Waals surface area (Å²) in [5.74, 6) is 0. The Bertz CT molecular complexity index is 187. The van der Waals surface area contributed by atoms with Crippen molar-refractivity contribution >= 4 is 0 Å². The van der Waals surface area contributed by atoms with Crippen LogP contribution in [-0.4, -0.2) is 61.7 Å². The molecule has 0 bridgehead atoms. The van der Waals surface area contributed by atoms with Crippen molar-refractivity contribution in [1.82, 2.24) is 15.1 Å². The first-order chi connectivity index (χ1) is 7.28. The van der Waals surface area contributed by atoms with Gasteiger partial charge in [-0.3, -0.25) is 0 Å². The summed E-state index contributed by atoms with van der Waals surface area (Å²) >= 11 is 0. The number of rotatable bonds is 3. The van der Waals surface area contributed by atoms with Gasteiger partial charge in [0, 0.05) is 18.6 Å². The fourth-order valence-electron chi connectivity index (χ4n) is 2.82. The van der Waals surface area contributed by atoms with Crippen LogP contribution in [0.3, 0.4) is 0 Å². The molecule has 1 unspecified atom stereocenters. The molecule has 2 aliphatic heterocycles.